The summed E-state index contributed by atoms with van der Waals surface area (Å²) >= 11 is 0. The smallest absolute Gasteiger partial charge is 0.251 e. The summed E-state index contributed by atoms with van der Waals surface area (Å²) in [6.45, 7) is 10.5. The molecule has 0 bridgehead atoms. The van der Waals surface area contributed by atoms with Gasteiger partial charge in [-0.1, -0.05) is 38.7 Å². The third kappa shape index (κ3) is 7.38. The number of carbonyl (C=O) groups is 1. The second kappa shape index (κ2) is 12.6. The van der Waals surface area contributed by atoms with E-state index in [9.17, 15) is 9.90 Å². The van der Waals surface area contributed by atoms with E-state index in [4.69, 9.17) is 9.84 Å². The average Bonchev–Trinajstić information content (AvgIpc) is 2.54. The molecule has 0 aromatic heterocycles. The van der Waals surface area contributed by atoms with Gasteiger partial charge in [-0.3, -0.25) is 4.79 Å². The van der Waals surface area contributed by atoms with Crippen molar-refractivity contribution in [3.8, 4) is 0 Å². The second-order valence-corrected chi connectivity index (χ2v) is 5.43. The van der Waals surface area contributed by atoms with E-state index in [1.54, 1.807) is 4.90 Å². The van der Waals surface area contributed by atoms with E-state index in [0.717, 1.165) is 25.7 Å². The normalized spacial score (nSPS) is 15.1. The predicted octanol–water partition coefficient (Wildman–Crippen LogP) is 2.12. The standard InChI is InChI=1S/C17H33NO4/c1-5-9-10-11-12-16(17(21)18(7-3)8-4)22-15(6-2)14(20)13-19/h6,14-16,19-20H,2,5,7-13H2,1,3-4H3/t14-,15-,16+/m1/s1. The molecule has 0 aromatic carbocycles. The predicted molar refractivity (Wildman–Crippen MR) is 88.6 cm³/mol. The van der Waals surface area contributed by atoms with Crippen LogP contribution in [-0.4, -0.2) is 59.0 Å². The van der Waals surface area contributed by atoms with E-state index in [0.29, 0.717) is 19.5 Å². The molecule has 0 unspecified atom stereocenters. The zero-order valence-electron chi connectivity index (χ0n) is 14.3. The van der Waals surface area contributed by atoms with Crippen LogP contribution in [0.25, 0.3) is 0 Å². The van der Waals surface area contributed by atoms with E-state index < -0.39 is 24.9 Å². The van der Waals surface area contributed by atoms with Crippen LogP contribution in [0.5, 0.6) is 0 Å². The van der Waals surface area contributed by atoms with Gasteiger partial charge in [0.05, 0.1) is 6.61 Å². The van der Waals surface area contributed by atoms with Crippen LogP contribution in [0.1, 0.15) is 52.9 Å². The summed E-state index contributed by atoms with van der Waals surface area (Å²) in [5.41, 5.74) is 0. The first-order chi connectivity index (χ1) is 10.5. The number of likely N-dealkylation sites (N-methyl/N-ethyl adjacent to an activating group) is 1. The summed E-state index contributed by atoms with van der Waals surface area (Å²) in [6.07, 6.45) is 3.91. The van der Waals surface area contributed by atoms with Gasteiger partial charge >= 0.3 is 0 Å². The Bertz CT molecular complexity index is 305. The number of hydrogen-bond donors (Lipinski definition) is 2. The molecule has 2 N–H and O–H groups in total. The summed E-state index contributed by atoms with van der Waals surface area (Å²) in [5, 5.41) is 18.8. The molecule has 0 aliphatic rings. The molecule has 0 heterocycles. The van der Waals surface area contributed by atoms with Crippen LogP contribution in [0, 0.1) is 0 Å². The molecular weight excluding hydrogens is 282 g/mol. The lowest BCUT2D eigenvalue weighted by Crippen LogP contribution is -2.44. The Kier molecular flexibility index (Phi) is 12.1. The Morgan fingerprint density at radius 3 is 2.32 bits per heavy atom. The highest BCUT2D eigenvalue weighted by atomic mass is 16.5. The average molecular weight is 315 g/mol. The molecule has 0 spiro atoms. The van der Waals surface area contributed by atoms with Crippen LogP contribution in [-0.2, 0) is 9.53 Å². The van der Waals surface area contributed by atoms with E-state index in [1.165, 1.54) is 6.08 Å². The first-order valence-electron chi connectivity index (χ1n) is 8.41. The number of rotatable bonds is 13. The van der Waals surface area contributed by atoms with Gasteiger partial charge in [0.1, 0.15) is 18.3 Å². The van der Waals surface area contributed by atoms with Gasteiger partial charge in [-0.15, -0.1) is 6.58 Å². The molecule has 5 nitrogen and oxygen atoms in total. The van der Waals surface area contributed by atoms with Crippen LogP contribution < -0.4 is 0 Å². The number of aliphatic hydroxyl groups is 2. The Morgan fingerprint density at radius 2 is 1.86 bits per heavy atom. The summed E-state index contributed by atoms with van der Waals surface area (Å²) < 4.78 is 5.76. The lowest BCUT2D eigenvalue weighted by atomic mass is 10.1. The third-order valence-corrected chi connectivity index (χ3v) is 3.79. The van der Waals surface area contributed by atoms with E-state index in [2.05, 4.69) is 13.5 Å². The highest BCUT2D eigenvalue weighted by Crippen LogP contribution is 2.15. The maximum atomic E-state index is 12.6. The fraction of sp³-hybridized carbons (Fsp3) is 0.824. The molecule has 22 heavy (non-hydrogen) atoms. The minimum atomic E-state index is -1.06. The number of ether oxygens (including phenoxy) is 1. The van der Waals surface area contributed by atoms with E-state index in [1.807, 2.05) is 13.8 Å². The minimum absolute atomic E-state index is 0.0570. The molecule has 0 radical (unpaired) electrons. The zero-order chi connectivity index (χ0) is 17.0. The molecule has 3 atom stereocenters. The molecule has 0 aliphatic carbocycles. The van der Waals surface area contributed by atoms with Crippen molar-refractivity contribution >= 4 is 5.91 Å². The van der Waals surface area contributed by atoms with Gasteiger partial charge in [-0.25, -0.2) is 0 Å². The topological polar surface area (TPSA) is 70.0 Å². The summed E-state index contributed by atoms with van der Waals surface area (Å²) in [5.74, 6) is -0.0570. The summed E-state index contributed by atoms with van der Waals surface area (Å²) in [4.78, 5) is 14.3. The van der Waals surface area contributed by atoms with E-state index >= 15 is 0 Å². The first-order valence-corrected chi connectivity index (χ1v) is 8.41. The lowest BCUT2D eigenvalue weighted by Gasteiger charge is -2.29. The molecular formula is C17H33NO4. The van der Waals surface area contributed by atoms with Crippen molar-refractivity contribution in [1.82, 2.24) is 4.90 Å². The van der Waals surface area contributed by atoms with Crippen molar-refractivity contribution in [3.63, 3.8) is 0 Å². The number of aliphatic hydroxyl groups excluding tert-OH is 2. The molecule has 0 saturated carbocycles. The van der Waals surface area contributed by atoms with Crippen molar-refractivity contribution in [2.24, 2.45) is 0 Å². The number of unbranched alkanes of at least 4 members (excludes halogenated alkanes) is 3. The number of carbonyl (C=O) groups excluding carboxylic acids is 1. The summed E-state index contributed by atoms with van der Waals surface area (Å²) in [6, 6.07) is 0. The molecule has 0 saturated heterocycles. The number of nitrogens with zero attached hydrogens (tertiary/aromatic N) is 1. The molecule has 0 rings (SSSR count). The quantitative estimate of drug-likeness (QED) is 0.403. The second-order valence-electron chi connectivity index (χ2n) is 5.43. The van der Waals surface area contributed by atoms with Crippen molar-refractivity contribution in [1.29, 1.82) is 0 Å². The Morgan fingerprint density at radius 1 is 1.23 bits per heavy atom. The van der Waals surface area contributed by atoms with Crippen molar-refractivity contribution < 1.29 is 19.7 Å². The molecule has 5 heteroatoms. The van der Waals surface area contributed by atoms with Crippen LogP contribution in [0.2, 0.25) is 0 Å². The first kappa shape index (κ1) is 21.1. The van der Waals surface area contributed by atoms with Crippen molar-refractivity contribution in [2.75, 3.05) is 19.7 Å². The molecule has 0 aliphatic heterocycles. The lowest BCUT2D eigenvalue weighted by molar-refractivity contribution is -0.151. The van der Waals surface area contributed by atoms with Gasteiger partial charge in [-0.05, 0) is 20.3 Å². The fourth-order valence-electron chi connectivity index (χ4n) is 2.34. The zero-order valence-corrected chi connectivity index (χ0v) is 14.3. The van der Waals surface area contributed by atoms with Crippen molar-refractivity contribution in [2.45, 2.75) is 71.2 Å². The maximum Gasteiger partial charge on any atom is 0.251 e. The highest BCUT2D eigenvalue weighted by Gasteiger charge is 2.28. The maximum absolute atomic E-state index is 12.6. The molecule has 130 valence electrons. The number of amides is 1. The monoisotopic (exact) mass is 315 g/mol. The third-order valence-electron chi connectivity index (χ3n) is 3.79. The van der Waals surface area contributed by atoms with Gasteiger partial charge in [0.15, 0.2) is 0 Å². The van der Waals surface area contributed by atoms with Crippen LogP contribution in [0.4, 0.5) is 0 Å². The largest absolute Gasteiger partial charge is 0.394 e. The van der Waals surface area contributed by atoms with Gasteiger partial charge in [0.25, 0.3) is 5.91 Å². The highest BCUT2D eigenvalue weighted by molar-refractivity contribution is 5.80. The minimum Gasteiger partial charge on any atom is -0.394 e. The van der Waals surface area contributed by atoms with Crippen molar-refractivity contribution in [3.05, 3.63) is 12.7 Å². The van der Waals surface area contributed by atoms with Gasteiger partial charge in [-0.2, -0.15) is 0 Å². The Labute approximate surface area is 135 Å². The molecule has 1 amide bonds. The van der Waals surface area contributed by atoms with Gasteiger partial charge in [0.2, 0.25) is 0 Å². The van der Waals surface area contributed by atoms with Gasteiger partial charge < -0.3 is 19.8 Å². The Balaban J connectivity index is 4.82. The number of hydrogen-bond acceptors (Lipinski definition) is 4. The van der Waals surface area contributed by atoms with Gasteiger partial charge in [0, 0.05) is 13.1 Å². The van der Waals surface area contributed by atoms with E-state index in [-0.39, 0.29) is 5.91 Å². The van der Waals surface area contributed by atoms with Crippen LogP contribution in [0.3, 0.4) is 0 Å². The molecule has 0 fully saturated rings. The summed E-state index contributed by atoms with van der Waals surface area (Å²) in [7, 11) is 0. The Hall–Kier alpha value is -0.910. The molecule has 0 aromatic rings. The van der Waals surface area contributed by atoms with Crippen LogP contribution >= 0.6 is 0 Å². The van der Waals surface area contributed by atoms with Crippen LogP contribution in [0.15, 0.2) is 12.7 Å². The SMILES string of the molecule is C=C[C@@H](O[C@@H](CCCCCC)C(=O)N(CC)CC)[C@H](O)CO. The fourth-order valence-corrected chi connectivity index (χ4v) is 2.34.